The normalized spacial score (nSPS) is 20.0. The lowest BCUT2D eigenvalue weighted by Crippen LogP contribution is -2.53. The van der Waals surface area contributed by atoms with Crippen molar-refractivity contribution < 1.29 is 29.0 Å². The van der Waals surface area contributed by atoms with Crippen molar-refractivity contribution in [3.05, 3.63) is 59.7 Å². The molecule has 2 unspecified atom stereocenters. The minimum Gasteiger partial charge on any atom is -0.480 e. The van der Waals surface area contributed by atoms with Gasteiger partial charge in [0, 0.05) is 25.0 Å². The van der Waals surface area contributed by atoms with E-state index < -0.39 is 35.5 Å². The molecule has 0 radical (unpaired) electrons. The lowest BCUT2D eigenvalue weighted by atomic mass is 9.86. The smallest absolute Gasteiger partial charge is 0.407 e. The third kappa shape index (κ3) is 5.32. The number of carbonyl (C=O) groups excluding carboxylic acids is 2. The zero-order valence-electron chi connectivity index (χ0n) is 20.2. The van der Waals surface area contributed by atoms with E-state index in [2.05, 4.69) is 34.9 Å². The quantitative estimate of drug-likeness (QED) is 0.559. The zero-order chi connectivity index (χ0) is 25.2. The molecule has 0 saturated carbocycles. The summed E-state index contributed by atoms with van der Waals surface area (Å²) < 4.78 is 11.1. The zero-order valence-corrected chi connectivity index (χ0v) is 20.2. The fourth-order valence-corrected chi connectivity index (χ4v) is 4.87. The van der Waals surface area contributed by atoms with Gasteiger partial charge in [-0.05, 0) is 34.1 Å². The average molecular weight is 481 g/mol. The highest BCUT2D eigenvalue weighted by atomic mass is 16.5. The Hall–Kier alpha value is -3.39. The van der Waals surface area contributed by atoms with Gasteiger partial charge < -0.3 is 25.2 Å². The molecule has 0 bridgehead atoms. The van der Waals surface area contributed by atoms with E-state index in [0.29, 0.717) is 13.0 Å². The summed E-state index contributed by atoms with van der Waals surface area (Å²) in [6, 6.07) is 15.2. The molecule has 1 fully saturated rings. The first-order valence-electron chi connectivity index (χ1n) is 11.9. The summed E-state index contributed by atoms with van der Waals surface area (Å²) in [5, 5.41) is 14.8. The summed E-state index contributed by atoms with van der Waals surface area (Å²) in [6.07, 6.45) is -0.807. The number of benzene rings is 2. The molecular formula is C27H32N2O6. The van der Waals surface area contributed by atoms with E-state index >= 15 is 0 Å². The number of carbonyl (C=O) groups is 3. The molecule has 2 aromatic rings. The van der Waals surface area contributed by atoms with Crippen LogP contribution in [0.5, 0.6) is 0 Å². The molecule has 2 aromatic carbocycles. The first-order chi connectivity index (χ1) is 16.7. The monoisotopic (exact) mass is 480 g/mol. The number of hydrogen-bond acceptors (Lipinski definition) is 5. The second-order valence-electron chi connectivity index (χ2n) is 10.2. The highest BCUT2D eigenvalue weighted by Gasteiger charge is 2.39. The fourth-order valence-electron chi connectivity index (χ4n) is 4.87. The van der Waals surface area contributed by atoms with Gasteiger partial charge in [-0.1, -0.05) is 69.3 Å². The van der Waals surface area contributed by atoms with Crippen molar-refractivity contribution in [3.63, 3.8) is 0 Å². The topological polar surface area (TPSA) is 114 Å². The molecule has 3 N–H and O–H groups in total. The molecule has 2 aliphatic rings. The third-order valence-electron chi connectivity index (χ3n) is 6.72. The van der Waals surface area contributed by atoms with Crippen LogP contribution in [0, 0.1) is 11.3 Å². The van der Waals surface area contributed by atoms with E-state index in [1.54, 1.807) is 20.8 Å². The summed E-state index contributed by atoms with van der Waals surface area (Å²) in [7, 11) is 0. The van der Waals surface area contributed by atoms with Crippen LogP contribution in [0.2, 0.25) is 0 Å². The Kier molecular flexibility index (Phi) is 7.12. The van der Waals surface area contributed by atoms with Gasteiger partial charge in [0.15, 0.2) is 0 Å². The van der Waals surface area contributed by atoms with E-state index in [0.717, 1.165) is 22.3 Å². The maximum atomic E-state index is 12.8. The molecule has 8 heteroatoms. The van der Waals surface area contributed by atoms with Crippen LogP contribution in [-0.4, -0.2) is 55.0 Å². The number of alkyl carbamates (subject to hydrolysis) is 1. The predicted molar refractivity (Wildman–Crippen MR) is 130 cm³/mol. The number of carboxylic acid groups (broad SMARTS) is 1. The lowest BCUT2D eigenvalue weighted by Gasteiger charge is -2.29. The van der Waals surface area contributed by atoms with Crippen molar-refractivity contribution in [2.75, 3.05) is 19.8 Å². The van der Waals surface area contributed by atoms with Crippen molar-refractivity contribution in [2.45, 2.75) is 45.3 Å². The Balaban J connectivity index is 1.32. The highest BCUT2D eigenvalue weighted by molar-refractivity contribution is 5.87. The van der Waals surface area contributed by atoms with Crippen LogP contribution in [0.3, 0.4) is 0 Å². The Morgan fingerprint density at radius 2 is 1.66 bits per heavy atom. The number of ether oxygens (including phenoxy) is 2. The van der Waals surface area contributed by atoms with Crippen molar-refractivity contribution in [1.82, 2.24) is 10.6 Å². The summed E-state index contributed by atoms with van der Waals surface area (Å²) in [5.74, 6) is -1.89. The lowest BCUT2D eigenvalue weighted by molar-refractivity contribution is -0.147. The van der Waals surface area contributed by atoms with Gasteiger partial charge in [0.2, 0.25) is 5.91 Å². The predicted octanol–water partition coefficient (Wildman–Crippen LogP) is 3.55. The van der Waals surface area contributed by atoms with Crippen LogP contribution in [-0.2, 0) is 19.1 Å². The molecule has 1 aliphatic carbocycles. The maximum absolute atomic E-state index is 12.8. The van der Waals surface area contributed by atoms with Gasteiger partial charge in [-0.3, -0.25) is 4.79 Å². The number of fused-ring (bicyclic) bond motifs is 3. The van der Waals surface area contributed by atoms with Gasteiger partial charge in [0.05, 0.1) is 0 Å². The van der Waals surface area contributed by atoms with Gasteiger partial charge in [0.1, 0.15) is 18.8 Å². The van der Waals surface area contributed by atoms with Crippen LogP contribution in [0.1, 0.15) is 44.2 Å². The molecule has 8 nitrogen and oxygen atoms in total. The fraction of sp³-hybridized carbons (Fsp3) is 0.444. The van der Waals surface area contributed by atoms with Gasteiger partial charge in [0.25, 0.3) is 0 Å². The number of rotatable bonds is 7. The summed E-state index contributed by atoms with van der Waals surface area (Å²) in [6.45, 7) is 6.01. The SMILES string of the molecule is CC(C)(C)[C@H](NC(=O)C1OCCC1CNC(=O)OCC1c2ccccc2-c2ccccc21)C(=O)O. The van der Waals surface area contributed by atoms with E-state index in [4.69, 9.17) is 9.47 Å². The highest BCUT2D eigenvalue weighted by Crippen LogP contribution is 2.44. The van der Waals surface area contributed by atoms with Gasteiger partial charge in [-0.25, -0.2) is 9.59 Å². The number of nitrogens with one attached hydrogen (secondary N) is 2. The van der Waals surface area contributed by atoms with E-state index in [-0.39, 0.29) is 25.0 Å². The van der Waals surface area contributed by atoms with Crippen LogP contribution >= 0.6 is 0 Å². The Labute approximate surface area is 205 Å². The second-order valence-corrected chi connectivity index (χ2v) is 10.2. The number of aliphatic carboxylic acids is 1. The Bertz CT molecular complexity index is 1060. The molecule has 186 valence electrons. The van der Waals surface area contributed by atoms with Crippen LogP contribution < -0.4 is 10.6 Å². The van der Waals surface area contributed by atoms with Crippen LogP contribution in [0.4, 0.5) is 4.79 Å². The van der Waals surface area contributed by atoms with E-state index in [9.17, 15) is 19.5 Å². The number of amides is 2. The molecule has 4 rings (SSSR count). The Morgan fingerprint density at radius 1 is 1.06 bits per heavy atom. The van der Waals surface area contributed by atoms with Gasteiger partial charge >= 0.3 is 12.1 Å². The maximum Gasteiger partial charge on any atom is 0.407 e. The average Bonchev–Trinajstić information content (AvgIpc) is 3.41. The molecular weight excluding hydrogens is 448 g/mol. The van der Waals surface area contributed by atoms with Crippen molar-refractivity contribution in [2.24, 2.45) is 11.3 Å². The van der Waals surface area contributed by atoms with Gasteiger partial charge in [-0.2, -0.15) is 0 Å². The van der Waals surface area contributed by atoms with Crippen LogP contribution in [0.25, 0.3) is 11.1 Å². The van der Waals surface area contributed by atoms with E-state index in [1.165, 1.54) is 0 Å². The minimum absolute atomic E-state index is 0.0353. The summed E-state index contributed by atoms with van der Waals surface area (Å²) >= 11 is 0. The molecule has 2 amide bonds. The minimum atomic E-state index is -1.10. The van der Waals surface area contributed by atoms with E-state index in [1.807, 2.05) is 24.3 Å². The molecule has 1 heterocycles. The molecule has 1 saturated heterocycles. The molecule has 0 spiro atoms. The van der Waals surface area contributed by atoms with Gasteiger partial charge in [-0.15, -0.1) is 0 Å². The molecule has 0 aromatic heterocycles. The van der Waals surface area contributed by atoms with Crippen molar-refractivity contribution in [1.29, 1.82) is 0 Å². The Morgan fingerprint density at radius 3 is 2.23 bits per heavy atom. The number of hydrogen-bond donors (Lipinski definition) is 3. The standard InChI is InChI=1S/C27H32N2O6/c1-27(2,3)23(25(31)32)29-24(30)22-16(12-13-34-22)14-28-26(33)35-15-21-19-10-6-4-8-17(19)18-9-5-7-11-20(18)21/h4-11,16,21-23H,12-15H2,1-3H3,(H,28,33)(H,29,30)(H,31,32)/t16?,22?,23-/m1/s1. The van der Waals surface area contributed by atoms with Crippen molar-refractivity contribution >= 4 is 18.0 Å². The summed E-state index contributed by atoms with van der Waals surface area (Å²) in [5.41, 5.74) is 3.92. The number of carboxylic acids is 1. The second kappa shape index (κ2) is 10.1. The molecule has 35 heavy (non-hydrogen) atoms. The molecule has 1 aliphatic heterocycles. The largest absolute Gasteiger partial charge is 0.480 e. The first-order valence-corrected chi connectivity index (χ1v) is 11.9. The third-order valence-corrected chi connectivity index (χ3v) is 6.72. The first kappa shape index (κ1) is 24.7. The van der Waals surface area contributed by atoms with Crippen LogP contribution in [0.15, 0.2) is 48.5 Å². The summed E-state index contributed by atoms with van der Waals surface area (Å²) in [4.78, 5) is 36.9. The molecule has 3 atom stereocenters. The van der Waals surface area contributed by atoms with Crippen molar-refractivity contribution in [3.8, 4) is 11.1 Å².